The molecule has 0 bridgehead atoms. The molecule has 1 aromatic carbocycles. The molecule has 6 nitrogen and oxygen atoms in total. The Morgan fingerprint density at radius 1 is 1.15 bits per heavy atom. The Bertz CT molecular complexity index is 606. The third-order valence-corrected chi connectivity index (χ3v) is 3.87. The number of methoxy groups -OCH3 is 1. The van der Waals surface area contributed by atoms with Crippen molar-refractivity contribution in [2.45, 2.75) is 41.0 Å². The standard InChI is InChI=1S/C20H34N4O2/c1-7-21-19(24-13-12-22-18(25)20(3,4)5)23-11-10-16-9-8-15(2)17(14-16)26-6/h8-9,14H,7,10-13H2,1-6H3,(H,22,25)(H2,21,23,24). The van der Waals surface area contributed by atoms with E-state index in [1.165, 1.54) is 5.56 Å². The van der Waals surface area contributed by atoms with Crippen LogP contribution in [0.5, 0.6) is 5.75 Å². The number of hydrogen-bond acceptors (Lipinski definition) is 3. The van der Waals surface area contributed by atoms with E-state index in [1.807, 2.05) is 34.6 Å². The molecule has 0 aliphatic rings. The molecule has 1 rings (SSSR count). The number of ether oxygens (including phenoxy) is 1. The van der Waals surface area contributed by atoms with Gasteiger partial charge in [-0.15, -0.1) is 0 Å². The number of amides is 1. The van der Waals surface area contributed by atoms with Gasteiger partial charge in [-0.25, -0.2) is 0 Å². The summed E-state index contributed by atoms with van der Waals surface area (Å²) in [6.45, 7) is 12.4. The normalized spacial score (nSPS) is 11.8. The molecule has 0 aromatic heterocycles. The SMILES string of the molecule is CCNC(=NCCc1ccc(C)c(OC)c1)NCCNC(=O)C(C)(C)C. The minimum atomic E-state index is -0.367. The average molecular weight is 363 g/mol. The van der Waals surface area contributed by atoms with Crippen LogP contribution in [0.15, 0.2) is 23.2 Å². The lowest BCUT2D eigenvalue weighted by atomic mass is 9.96. The van der Waals surface area contributed by atoms with Gasteiger partial charge in [0.05, 0.1) is 7.11 Å². The monoisotopic (exact) mass is 362 g/mol. The third-order valence-electron chi connectivity index (χ3n) is 3.87. The highest BCUT2D eigenvalue weighted by atomic mass is 16.5. The number of benzene rings is 1. The van der Waals surface area contributed by atoms with Crippen molar-refractivity contribution in [3.05, 3.63) is 29.3 Å². The fourth-order valence-electron chi connectivity index (χ4n) is 2.28. The predicted octanol–water partition coefficient (Wildman–Crippen LogP) is 2.26. The van der Waals surface area contributed by atoms with E-state index in [9.17, 15) is 4.79 Å². The average Bonchev–Trinajstić information content (AvgIpc) is 2.58. The molecule has 26 heavy (non-hydrogen) atoms. The number of aliphatic imine (C=N–C) groups is 1. The number of rotatable bonds is 8. The van der Waals surface area contributed by atoms with E-state index in [1.54, 1.807) is 7.11 Å². The minimum Gasteiger partial charge on any atom is -0.496 e. The van der Waals surface area contributed by atoms with Crippen molar-refractivity contribution in [2.75, 3.05) is 33.3 Å². The summed E-state index contributed by atoms with van der Waals surface area (Å²) >= 11 is 0. The van der Waals surface area contributed by atoms with E-state index < -0.39 is 0 Å². The van der Waals surface area contributed by atoms with Gasteiger partial charge in [0.1, 0.15) is 5.75 Å². The zero-order chi connectivity index (χ0) is 19.6. The van der Waals surface area contributed by atoms with E-state index in [2.05, 4.69) is 39.1 Å². The maximum Gasteiger partial charge on any atom is 0.225 e. The predicted molar refractivity (Wildman–Crippen MR) is 108 cm³/mol. The number of carbonyl (C=O) groups is 1. The van der Waals surface area contributed by atoms with Crippen molar-refractivity contribution in [2.24, 2.45) is 10.4 Å². The molecule has 0 spiro atoms. The summed E-state index contributed by atoms with van der Waals surface area (Å²) in [7, 11) is 1.69. The Kier molecular flexibility index (Phi) is 8.96. The topological polar surface area (TPSA) is 74.8 Å². The van der Waals surface area contributed by atoms with Gasteiger partial charge in [0.2, 0.25) is 5.91 Å². The number of guanidine groups is 1. The van der Waals surface area contributed by atoms with Gasteiger partial charge >= 0.3 is 0 Å². The maximum absolute atomic E-state index is 11.8. The highest BCUT2D eigenvalue weighted by Gasteiger charge is 2.20. The Morgan fingerprint density at radius 3 is 2.46 bits per heavy atom. The molecule has 0 fully saturated rings. The van der Waals surface area contributed by atoms with Crippen LogP contribution in [0.25, 0.3) is 0 Å². The summed E-state index contributed by atoms with van der Waals surface area (Å²) in [5.41, 5.74) is 1.96. The molecule has 0 heterocycles. The van der Waals surface area contributed by atoms with Gasteiger partial charge in [0.25, 0.3) is 0 Å². The molecule has 0 saturated heterocycles. The smallest absolute Gasteiger partial charge is 0.225 e. The van der Waals surface area contributed by atoms with Gasteiger partial charge < -0.3 is 20.7 Å². The first kappa shape index (κ1) is 21.8. The van der Waals surface area contributed by atoms with Crippen molar-refractivity contribution in [3.63, 3.8) is 0 Å². The molecule has 146 valence electrons. The molecule has 3 N–H and O–H groups in total. The van der Waals surface area contributed by atoms with Crippen molar-refractivity contribution in [1.29, 1.82) is 0 Å². The summed E-state index contributed by atoms with van der Waals surface area (Å²) < 4.78 is 5.37. The molecular formula is C20H34N4O2. The van der Waals surface area contributed by atoms with Crippen LogP contribution in [0.4, 0.5) is 0 Å². The van der Waals surface area contributed by atoms with E-state index in [-0.39, 0.29) is 11.3 Å². The first-order valence-corrected chi connectivity index (χ1v) is 9.22. The zero-order valence-corrected chi connectivity index (χ0v) is 17.0. The van der Waals surface area contributed by atoms with Gasteiger partial charge in [0, 0.05) is 31.6 Å². The summed E-state index contributed by atoms with van der Waals surface area (Å²) in [5, 5.41) is 9.39. The highest BCUT2D eigenvalue weighted by molar-refractivity contribution is 5.81. The maximum atomic E-state index is 11.8. The lowest BCUT2D eigenvalue weighted by Crippen LogP contribution is -2.43. The van der Waals surface area contributed by atoms with Gasteiger partial charge in [0.15, 0.2) is 5.96 Å². The summed E-state index contributed by atoms with van der Waals surface area (Å²) in [6.07, 6.45) is 0.841. The van der Waals surface area contributed by atoms with Crippen molar-refractivity contribution in [3.8, 4) is 5.75 Å². The molecular weight excluding hydrogens is 328 g/mol. The zero-order valence-electron chi connectivity index (χ0n) is 17.0. The number of hydrogen-bond donors (Lipinski definition) is 3. The van der Waals surface area contributed by atoms with Crippen LogP contribution >= 0.6 is 0 Å². The Labute approximate surface area is 157 Å². The molecule has 1 aromatic rings. The third kappa shape index (κ3) is 7.76. The van der Waals surface area contributed by atoms with Crippen LogP contribution in [-0.4, -0.2) is 45.2 Å². The largest absolute Gasteiger partial charge is 0.496 e. The van der Waals surface area contributed by atoms with Crippen LogP contribution in [0, 0.1) is 12.3 Å². The second-order valence-corrected chi connectivity index (χ2v) is 7.25. The van der Waals surface area contributed by atoms with Gasteiger partial charge in [-0.3, -0.25) is 9.79 Å². The Hall–Kier alpha value is -2.24. The van der Waals surface area contributed by atoms with E-state index in [0.29, 0.717) is 19.6 Å². The van der Waals surface area contributed by atoms with Crippen LogP contribution < -0.4 is 20.7 Å². The molecule has 0 radical (unpaired) electrons. The second kappa shape index (κ2) is 10.7. The van der Waals surface area contributed by atoms with Crippen molar-refractivity contribution >= 4 is 11.9 Å². The van der Waals surface area contributed by atoms with Crippen LogP contribution in [-0.2, 0) is 11.2 Å². The quantitative estimate of drug-likeness (QED) is 0.377. The van der Waals surface area contributed by atoms with Gasteiger partial charge in [-0.05, 0) is 37.5 Å². The second-order valence-electron chi connectivity index (χ2n) is 7.25. The van der Waals surface area contributed by atoms with Crippen LogP contribution in [0.3, 0.4) is 0 Å². The van der Waals surface area contributed by atoms with Crippen LogP contribution in [0.1, 0.15) is 38.8 Å². The Balaban J connectivity index is 2.47. The summed E-state index contributed by atoms with van der Waals surface area (Å²) in [4.78, 5) is 16.4. The van der Waals surface area contributed by atoms with Crippen molar-refractivity contribution < 1.29 is 9.53 Å². The fourth-order valence-corrected chi connectivity index (χ4v) is 2.28. The molecule has 1 amide bonds. The summed E-state index contributed by atoms with van der Waals surface area (Å²) in [6, 6.07) is 6.24. The lowest BCUT2D eigenvalue weighted by molar-refractivity contribution is -0.128. The molecule has 0 saturated carbocycles. The molecule has 0 aliphatic heterocycles. The molecule has 0 aliphatic carbocycles. The van der Waals surface area contributed by atoms with E-state index in [0.717, 1.165) is 30.2 Å². The van der Waals surface area contributed by atoms with Crippen molar-refractivity contribution in [1.82, 2.24) is 16.0 Å². The van der Waals surface area contributed by atoms with E-state index >= 15 is 0 Å². The fraction of sp³-hybridized carbons (Fsp3) is 0.600. The van der Waals surface area contributed by atoms with Crippen LogP contribution in [0.2, 0.25) is 0 Å². The number of carbonyl (C=O) groups excluding carboxylic acids is 1. The van der Waals surface area contributed by atoms with E-state index in [4.69, 9.17) is 4.74 Å². The molecule has 0 unspecified atom stereocenters. The minimum absolute atomic E-state index is 0.0505. The first-order valence-electron chi connectivity index (χ1n) is 9.22. The summed E-state index contributed by atoms with van der Waals surface area (Å²) in [5.74, 6) is 1.72. The number of aryl methyl sites for hydroxylation is 1. The Morgan fingerprint density at radius 2 is 1.85 bits per heavy atom. The van der Waals surface area contributed by atoms with Gasteiger partial charge in [-0.1, -0.05) is 32.9 Å². The van der Waals surface area contributed by atoms with Gasteiger partial charge in [-0.2, -0.15) is 0 Å². The highest BCUT2D eigenvalue weighted by Crippen LogP contribution is 2.19. The first-order chi connectivity index (χ1) is 12.3. The number of nitrogens with one attached hydrogen (secondary N) is 3. The molecule has 6 heteroatoms. The molecule has 0 atom stereocenters. The lowest BCUT2D eigenvalue weighted by Gasteiger charge is -2.18. The number of nitrogens with zero attached hydrogens (tertiary/aromatic N) is 1.